The van der Waals surface area contributed by atoms with Gasteiger partial charge in [-0.3, -0.25) is 4.79 Å². The number of hydrogen-bond donors (Lipinski definition) is 1. The summed E-state index contributed by atoms with van der Waals surface area (Å²) >= 11 is 0. The summed E-state index contributed by atoms with van der Waals surface area (Å²) in [7, 11) is 0. The van der Waals surface area contributed by atoms with Crippen molar-refractivity contribution in [3.05, 3.63) is 70.5 Å². The van der Waals surface area contributed by atoms with Gasteiger partial charge in [0.2, 0.25) is 5.82 Å². The van der Waals surface area contributed by atoms with Crippen LogP contribution < -0.4 is 5.73 Å². The number of carbonyl (C=O) groups is 1. The molecule has 2 rings (SSSR count). The zero-order valence-corrected chi connectivity index (χ0v) is 12.2. The molecule has 0 amide bonds. The topological polar surface area (TPSA) is 52.3 Å². The summed E-state index contributed by atoms with van der Waals surface area (Å²) in [5.74, 6) is -11.5. The van der Waals surface area contributed by atoms with Gasteiger partial charge < -0.3 is 10.5 Å². The Kier molecular flexibility index (Phi) is 5.50. The van der Waals surface area contributed by atoms with Crippen LogP contribution in [0.5, 0.6) is 0 Å². The van der Waals surface area contributed by atoms with Crippen LogP contribution in [0.1, 0.15) is 11.1 Å². The number of nitrogens with two attached hydrogens (primary N) is 1. The van der Waals surface area contributed by atoms with Gasteiger partial charge in [0.1, 0.15) is 12.6 Å². The van der Waals surface area contributed by atoms with Crippen molar-refractivity contribution in [3.63, 3.8) is 0 Å². The van der Waals surface area contributed by atoms with Crippen molar-refractivity contribution < 1.29 is 31.5 Å². The molecule has 0 radical (unpaired) electrons. The van der Waals surface area contributed by atoms with E-state index in [0.29, 0.717) is 5.56 Å². The molecule has 0 heterocycles. The predicted molar refractivity (Wildman–Crippen MR) is 74.1 cm³/mol. The maximum Gasteiger partial charge on any atom is 0.323 e. The first-order chi connectivity index (χ1) is 11.3. The summed E-state index contributed by atoms with van der Waals surface area (Å²) in [5, 5.41) is 0. The second-order valence-corrected chi connectivity index (χ2v) is 4.95. The van der Waals surface area contributed by atoms with Gasteiger partial charge >= 0.3 is 5.97 Å². The van der Waals surface area contributed by atoms with E-state index >= 15 is 0 Å². The molecule has 2 aromatic carbocycles. The SMILES string of the molecule is N[C@H](Cc1c(F)c(F)c(F)c(F)c1F)C(=O)OCc1ccccc1. The van der Waals surface area contributed by atoms with Crippen LogP contribution in [0.4, 0.5) is 22.0 Å². The third-order valence-electron chi connectivity index (χ3n) is 3.25. The van der Waals surface area contributed by atoms with Crippen molar-refractivity contribution in [2.75, 3.05) is 0 Å². The van der Waals surface area contributed by atoms with Crippen LogP contribution in [0, 0.1) is 29.1 Å². The summed E-state index contributed by atoms with van der Waals surface area (Å²) in [6, 6.07) is 6.92. The molecule has 1 atom stereocenters. The largest absolute Gasteiger partial charge is 0.460 e. The molecule has 0 aromatic heterocycles. The molecule has 2 aromatic rings. The molecule has 0 saturated carbocycles. The summed E-state index contributed by atoms with van der Waals surface area (Å²) in [5.41, 5.74) is 4.93. The summed E-state index contributed by atoms with van der Waals surface area (Å²) in [4.78, 5) is 11.7. The monoisotopic (exact) mass is 345 g/mol. The van der Waals surface area contributed by atoms with E-state index in [0.717, 1.165) is 0 Å². The molecule has 0 fully saturated rings. The van der Waals surface area contributed by atoms with Crippen LogP contribution in [0.3, 0.4) is 0 Å². The maximum absolute atomic E-state index is 13.5. The van der Waals surface area contributed by atoms with Gasteiger partial charge in [0, 0.05) is 12.0 Å². The molecule has 8 heteroatoms. The van der Waals surface area contributed by atoms with Crippen LogP contribution in [0.2, 0.25) is 0 Å². The highest BCUT2D eigenvalue weighted by atomic mass is 19.2. The van der Waals surface area contributed by atoms with Crippen molar-refractivity contribution in [3.8, 4) is 0 Å². The number of halogens is 5. The first kappa shape index (κ1) is 17.9. The van der Waals surface area contributed by atoms with Gasteiger partial charge in [-0.05, 0) is 5.56 Å². The molecule has 0 unspecified atom stereocenters. The fourth-order valence-electron chi connectivity index (χ4n) is 1.97. The van der Waals surface area contributed by atoms with E-state index in [2.05, 4.69) is 0 Å². The van der Waals surface area contributed by atoms with Crippen molar-refractivity contribution in [2.24, 2.45) is 5.73 Å². The van der Waals surface area contributed by atoms with Crippen LogP contribution in [-0.4, -0.2) is 12.0 Å². The Bertz CT molecular complexity index is 723. The van der Waals surface area contributed by atoms with Gasteiger partial charge in [0.25, 0.3) is 0 Å². The summed E-state index contributed by atoms with van der Waals surface area (Å²) < 4.78 is 71.1. The molecule has 0 aliphatic carbocycles. The normalized spacial score (nSPS) is 12.1. The lowest BCUT2D eigenvalue weighted by Crippen LogP contribution is -2.35. The van der Waals surface area contributed by atoms with Crippen LogP contribution in [0.25, 0.3) is 0 Å². The Labute approximate surface area is 133 Å². The van der Waals surface area contributed by atoms with Crippen LogP contribution in [0.15, 0.2) is 30.3 Å². The molecule has 0 saturated heterocycles. The summed E-state index contributed by atoms with van der Waals surface area (Å²) in [6.45, 7) is -0.134. The van der Waals surface area contributed by atoms with Crippen molar-refractivity contribution in [1.29, 1.82) is 0 Å². The molecule has 0 spiro atoms. The van der Waals surface area contributed by atoms with Gasteiger partial charge in [-0.25, -0.2) is 22.0 Å². The molecular weight excluding hydrogens is 333 g/mol. The fraction of sp³-hybridized carbons (Fsp3) is 0.188. The zero-order valence-electron chi connectivity index (χ0n) is 12.2. The molecule has 0 bridgehead atoms. The van der Waals surface area contributed by atoms with Crippen molar-refractivity contribution >= 4 is 5.97 Å². The number of hydrogen-bond acceptors (Lipinski definition) is 3. The van der Waals surface area contributed by atoms with Gasteiger partial charge in [-0.15, -0.1) is 0 Å². The average Bonchev–Trinajstić information content (AvgIpc) is 2.60. The molecule has 0 aliphatic rings. The first-order valence-electron chi connectivity index (χ1n) is 6.79. The summed E-state index contributed by atoms with van der Waals surface area (Å²) in [6.07, 6.45) is -0.889. The highest BCUT2D eigenvalue weighted by Gasteiger charge is 2.28. The van der Waals surface area contributed by atoms with E-state index < -0.39 is 53.1 Å². The lowest BCUT2D eigenvalue weighted by Gasteiger charge is -2.13. The third-order valence-corrected chi connectivity index (χ3v) is 3.25. The minimum atomic E-state index is -2.27. The lowest BCUT2D eigenvalue weighted by atomic mass is 10.0. The second-order valence-electron chi connectivity index (χ2n) is 4.95. The van der Waals surface area contributed by atoms with Gasteiger partial charge in [-0.2, -0.15) is 0 Å². The third kappa shape index (κ3) is 3.70. The van der Waals surface area contributed by atoms with E-state index in [1.165, 1.54) is 0 Å². The minimum absolute atomic E-state index is 0.134. The first-order valence-corrected chi connectivity index (χ1v) is 6.79. The van der Waals surface area contributed by atoms with Gasteiger partial charge in [0.05, 0.1) is 0 Å². The van der Waals surface area contributed by atoms with E-state index in [9.17, 15) is 26.7 Å². The number of rotatable bonds is 5. The number of benzene rings is 2. The van der Waals surface area contributed by atoms with Crippen molar-refractivity contribution in [2.45, 2.75) is 19.1 Å². The Morgan fingerprint density at radius 2 is 1.42 bits per heavy atom. The molecule has 3 nitrogen and oxygen atoms in total. The number of esters is 1. The van der Waals surface area contributed by atoms with E-state index in [1.807, 2.05) is 0 Å². The molecule has 128 valence electrons. The highest BCUT2D eigenvalue weighted by molar-refractivity contribution is 5.75. The molecular formula is C16H12F5NO2. The van der Waals surface area contributed by atoms with E-state index in [1.54, 1.807) is 30.3 Å². The Morgan fingerprint density at radius 3 is 1.96 bits per heavy atom. The van der Waals surface area contributed by atoms with E-state index in [-0.39, 0.29) is 6.61 Å². The smallest absolute Gasteiger partial charge is 0.323 e. The average molecular weight is 345 g/mol. The van der Waals surface area contributed by atoms with Crippen LogP contribution >= 0.6 is 0 Å². The van der Waals surface area contributed by atoms with Crippen LogP contribution in [-0.2, 0) is 22.6 Å². The van der Waals surface area contributed by atoms with E-state index in [4.69, 9.17) is 10.5 Å². The zero-order chi connectivity index (χ0) is 17.9. The second kappa shape index (κ2) is 7.39. The molecule has 2 N–H and O–H groups in total. The minimum Gasteiger partial charge on any atom is -0.460 e. The maximum atomic E-state index is 13.5. The van der Waals surface area contributed by atoms with Crippen molar-refractivity contribution in [1.82, 2.24) is 0 Å². The Hall–Kier alpha value is -2.48. The predicted octanol–water partition coefficient (Wildman–Crippen LogP) is 3.00. The van der Waals surface area contributed by atoms with Gasteiger partial charge in [-0.1, -0.05) is 30.3 Å². The quantitative estimate of drug-likeness (QED) is 0.392. The number of carbonyl (C=O) groups excluding carboxylic acids is 1. The molecule has 0 aliphatic heterocycles. The number of ether oxygens (including phenoxy) is 1. The Morgan fingerprint density at radius 1 is 0.917 bits per heavy atom. The standard InChI is InChI=1S/C16H12F5NO2/c17-11-9(12(18)14(20)15(21)13(11)19)6-10(22)16(23)24-7-8-4-2-1-3-5-8/h1-5,10H,6-7,22H2/t10-/m1/s1. The van der Waals surface area contributed by atoms with Gasteiger partial charge in [0.15, 0.2) is 23.3 Å². The Balaban J connectivity index is 2.09. The lowest BCUT2D eigenvalue weighted by molar-refractivity contribution is -0.146. The highest BCUT2D eigenvalue weighted by Crippen LogP contribution is 2.24. The molecule has 24 heavy (non-hydrogen) atoms. The fourth-order valence-corrected chi connectivity index (χ4v) is 1.97.